The number of likely N-dealkylation sites (tertiary alicyclic amines) is 2. The van der Waals surface area contributed by atoms with E-state index in [0.29, 0.717) is 31.5 Å². The van der Waals surface area contributed by atoms with Crippen LogP contribution in [0, 0.1) is 10.1 Å². The molecule has 3 atom stereocenters. The van der Waals surface area contributed by atoms with Crippen LogP contribution in [-0.4, -0.2) is 63.7 Å². The molecule has 47 heavy (non-hydrogen) atoms. The predicted molar refractivity (Wildman–Crippen MR) is 183 cm³/mol. The molecule has 10 heteroatoms. The van der Waals surface area contributed by atoms with Crippen molar-refractivity contribution < 1.29 is 19.2 Å². The van der Waals surface area contributed by atoms with E-state index in [-0.39, 0.29) is 35.5 Å². The van der Waals surface area contributed by atoms with Gasteiger partial charge in [-0.2, -0.15) is 0 Å². The number of nitro groups is 1. The average Bonchev–Trinajstić information content (AvgIpc) is 3.74. The number of hydrogen-bond acceptors (Lipinski definition) is 7. The first-order valence-electron chi connectivity index (χ1n) is 15.9. The minimum Gasteiger partial charge on any atom is -0.445 e. The molecule has 2 N–H and O–H groups in total. The van der Waals surface area contributed by atoms with Gasteiger partial charge in [0, 0.05) is 36.5 Å². The molecular formula is C37H38N4O5S. The molecule has 0 radical (unpaired) electrons. The van der Waals surface area contributed by atoms with Gasteiger partial charge < -0.3 is 15.4 Å². The number of carbonyl (C=O) groups excluding carboxylic acids is 2. The highest BCUT2D eigenvalue weighted by Crippen LogP contribution is 2.52. The maximum absolute atomic E-state index is 13.8. The van der Waals surface area contributed by atoms with Gasteiger partial charge in [-0.15, -0.1) is 11.8 Å². The Hall–Kier alpha value is -4.67. The van der Waals surface area contributed by atoms with Crippen LogP contribution in [0.2, 0.25) is 0 Å². The molecule has 9 nitrogen and oxygen atoms in total. The van der Waals surface area contributed by atoms with Crippen molar-refractivity contribution in [2.75, 3.05) is 19.6 Å². The minimum atomic E-state index is -0.554. The van der Waals surface area contributed by atoms with Gasteiger partial charge in [0.2, 0.25) is 5.91 Å². The molecule has 0 aromatic heterocycles. The molecule has 4 aromatic rings. The van der Waals surface area contributed by atoms with Crippen molar-refractivity contribution in [2.45, 2.75) is 47.9 Å². The van der Waals surface area contributed by atoms with Crippen molar-refractivity contribution in [1.29, 1.82) is 0 Å². The molecule has 2 aliphatic rings. The van der Waals surface area contributed by atoms with Crippen molar-refractivity contribution in [1.82, 2.24) is 9.80 Å². The number of nitrogens with two attached hydrogens (primary N) is 1. The third-order valence-electron chi connectivity index (χ3n) is 9.14. The normalized spacial score (nSPS) is 19.8. The van der Waals surface area contributed by atoms with Crippen molar-refractivity contribution in [3.05, 3.63) is 148 Å². The second-order valence-electron chi connectivity index (χ2n) is 12.1. The number of benzene rings is 4. The number of nitro benzene ring substituents is 1. The average molecular weight is 651 g/mol. The van der Waals surface area contributed by atoms with Crippen molar-refractivity contribution in [2.24, 2.45) is 5.73 Å². The van der Waals surface area contributed by atoms with Gasteiger partial charge in [0.25, 0.3) is 5.69 Å². The standard InChI is InChI=1S/C37H38N4O5S/c38-35(42)34-17-10-22-39(34)24-32-23-33(25-40(32)36(43)46-26-27-18-20-31(21-19-27)41(44)45)47-37(28-11-4-1-5-12-28,29-13-6-2-7-14-29)30-15-8-3-9-16-30/h1-9,11-16,18-21,32-34H,10,17,22-26H2,(H2,38,42)/t32-,33-,34-/m0/s1. The smallest absolute Gasteiger partial charge is 0.410 e. The van der Waals surface area contributed by atoms with Gasteiger partial charge in [0.15, 0.2) is 0 Å². The summed E-state index contributed by atoms with van der Waals surface area (Å²) < 4.78 is 5.26. The second kappa shape index (κ2) is 14.4. The molecule has 0 spiro atoms. The maximum Gasteiger partial charge on any atom is 0.410 e. The monoisotopic (exact) mass is 650 g/mol. The van der Waals surface area contributed by atoms with E-state index < -0.39 is 15.8 Å². The zero-order chi connectivity index (χ0) is 32.8. The topological polar surface area (TPSA) is 119 Å². The zero-order valence-corrected chi connectivity index (χ0v) is 26.8. The SMILES string of the molecule is NC(=O)[C@@H]1CCCN1C[C@@H]1C[C@H](SC(c2ccccc2)(c2ccccc2)c2ccccc2)CN1C(=O)OCc1ccc([N+](=O)[O-])cc1. The number of rotatable bonds is 11. The molecule has 2 saturated heterocycles. The van der Waals surface area contributed by atoms with E-state index in [0.717, 1.165) is 29.7 Å². The van der Waals surface area contributed by atoms with Crippen molar-refractivity contribution in [3.63, 3.8) is 0 Å². The molecule has 2 amide bonds. The summed E-state index contributed by atoms with van der Waals surface area (Å²) in [6, 6.07) is 36.9. The Morgan fingerprint density at radius 2 is 1.43 bits per heavy atom. The first kappa shape index (κ1) is 32.3. The van der Waals surface area contributed by atoms with E-state index in [9.17, 15) is 19.7 Å². The Labute approximate surface area is 278 Å². The van der Waals surface area contributed by atoms with Crippen molar-refractivity contribution >= 4 is 29.4 Å². The summed E-state index contributed by atoms with van der Waals surface area (Å²) in [5.41, 5.74) is 9.85. The lowest BCUT2D eigenvalue weighted by atomic mass is 9.84. The molecular weight excluding hydrogens is 612 g/mol. The first-order chi connectivity index (χ1) is 22.8. The zero-order valence-electron chi connectivity index (χ0n) is 26.0. The summed E-state index contributed by atoms with van der Waals surface area (Å²) in [5, 5.41) is 11.1. The molecule has 0 bridgehead atoms. The molecule has 6 rings (SSSR count). The Balaban J connectivity index is 1.31. The molecule has 4 aromatic carbocycles. The van der Waals surface area contributed by atoms with E-state index >= 15 is 0 Å². The lowest BCUT2D eigenvalue weighted by Crippen LogP contribution is -2.48. The number of amides is 2. The number of hydrogen-bond donors (Lipinski definition) is 1. The van der Waals surface area contributed by atoms with Crippen LogP contribution < -0.4 is 5.73 Å². The van der Waals surface area contributed by atoms with Crippen LogP contribution >= 0.6 is 11.8 Å². The summed E-state index contributed by atoms with van der Waals surface area (Å²) >= 11 is 1.84. The van der Waals surface area contributed by atoms with Gasteiger partial charge in [-0.05, 0) is 60.2 Å². The van der Waals surface area contributed by atoms with Gasteiger partial charge in [-0.3, -0.25) is 19.8 Å². The Bertz CT molecular complexity index is 1580. The summed E-state index contributed by atoms with van der Waals surface area (Å²) in [4.78, 5) is 40.6. The molecule has 2 heterocycles. The Kier molecular flexibility index (Phi) is 9.89. The number of carbonyl (C=O) groups is 2. The van der Waals surface area contributed by atoms with Gasteiger partial charge >= 0.3 is 6.09 Å². The van der Waals surface area contributed by atoms with E-state index in [2.05, 4.69) is 77.7 Å². The van der Waals surface area contributed by atoms with E-state index in [1.54, 1.807) is 17.0 Å². The number of primary amides is 1. The van der Waals surface area contributed by atoms with E-state index in [1.807, 2.05) is 30.0 Å². The Morgan fingerprint density at radius 3 is 1.94 bits per heavy atom. The number of ether oxygens (including phenoxy) is 1. The van der Waals surface area contributed by atoms with Crippen LogP contribution in [0.5, 0.6) is 0 Å². The van der Waals surface area contributed by atoms with Crippen LogP contribution in [0.1, 0.15) is 41.5 Å². The molecule has 2 fully saturated rings. The third kappa shape index (κ3) is 7.03. The van der Waals surface area contributed by atoms with Crippen LogP contribution in [0.3, 0.4) is 0 Å². The maximum atomic E-state index is 13.8. The Morgan fingerprint density at radius 1 is 0.872 bits per heavy atom. The highest BCUT2D eigenvalue weighted by Gasteiger charge is 2.45. The third-order valence-corrected chi connectivity index (χ3v) is 10.9. The fourth-order valence-corrected chi connectivity index (χ4v) is 8.78. The van der Waals surface area contributed by atoms with Gasteiger partial charge in [0.05, 0.1) is 15.7 Å². The lowest BCUT2D eigenvalue weighted by molar-refractivity contribution is -0.384. The number of nitrogens with zero attached hydrogens (tertiary/aromatic N) is 3. The quantitative estimate of drug-likeness (QED) is 0.114. The highest BCUT2D eigenvalue weighted by atomic mass is 32.2. The summed E-state index contributed by atoms with van der Waals surface area (Å²) in [6.07, 6.45) is 1.84. The van der Waals surface area contributed by atoms with Crippen molar-refractivity contribution in [3.8, 4) is 0 Å². The number of thioether (sulfide) groups is 1. The van der Waals surface area contributed by atoms with Gasteiger partial charge in [0.1, 0.15) is 6.61 Å². The summed E-state index contributed by atoms with van der Waals surface area (Å²) in [7, 11) is 0. The van der Waals surface area contributed by atoms with Crippen LogP contribution in [0.25, 0.3) is 0 Å². The molecule has 242 valence electrons. The summed E-state index contributed by atoms with van der Waals surface area (Å²) in [5.74, 6) is -0.338. The second-order valence-corrected chi connectivity index (χ2v) is 13.6. The predicted octanol–water partition coefficient (Wildman–Crippen LogP) is 6.35. The van der Waals surface area contributed by atoms with Crippen LogP contribution in [0.4, 0.5) is 10.5 Å². The lowest BCUT2D eigenvalue weighted by Gasteiger charge is -2.37. The molecule has 0 unspecified atom stereocenters. The molecule has 2 aliphatic heterocycles. The van der Waals surface area contributed by atoms with Crippen LogP contribution in [-0.2, 0) is 20.9 Å². The number of non-ortho nitro benzene ring substituents is 1. The van der Waals surface area contributed by atoms with E-state index in [1.165, 1.54) is 12.1 Å². The van der Waals surface area contributed by atoms with Crippen LogP contribution in [0.15, 0.2) is 115 Å². The fourth-order valence-electron chi connectivity index (χ4n) is 6.91. The minimum absolute atomic E-state index is 0.00648. The molecule has 0 aliphatic carbocycles. The largest absolute Gasteiger partial charge is 0.445 e. The molecule has 0 saturated carbocycles. The summed E-state index contributed by atoms with van der Waals surface area (Å²) in [6.45, 7) is 1.72. The van der Waals surface area contributed by atoms with Gasteiger partial charge in [-0.1, -0.05) is 91.0 Å². The van der Waals surface area contributed by atoms with Gasteiger partial charge in [-0.25, -0.2) is 4.79 Å². The highest BCUT2D eigenvalue weighted by molar-refractivity contribution is 8.01. The fraction of sp³-hybridized carbons (Fsp3) is 0.297. The van der Waals surface area contributed by atoms with E-state index in [4.69, 9.17) is 10.5 Å². The first-order valence-corrected chi connectivity index (χ1v) is 16.8.